The first-order valence-electron chi connectivity index (χ1n) is 5.80. The number of nitrogens with zero attached hydrogens (tertiary/aromatic N) is 2. The zero-order valence-electron chi connectivity index (χ0n) is 10.5. The molecule has 0 saturated carbocycles. The van der Waals surface area contributed by atoms with Gasteiger partial charge >= 0.3 is 12.1 Å². The molecule has 0 saturated heterocycles. The Kier molecular flexibility index (Phi) is 4.41. The number of hydrogen-bond acceptors (Lipinski definition) is 5. The van der Waals surface area contributed by atoms with Crippen molar-refractivity contribution in [1.29, 1.82) is 0 Å². The van der Waals surface area contributed by atoms with Gasteiger partial charge in [-0.2, -0.15) is 13.2 Å². The lowest BCUT2D eigenvalue weighted by Crippen LogP contribution is -2.20. The first-order chi connectivity index (χ1) is 9.88. The Morgan fingerprint density at radius 2 is 1.95 bits per heavy atom. The number of carbonyl (C=O) groups is 1. The molecule has 0 aliphatic carbocycles. The SMILES string of the molecule is O=C(O)C(CNc1nnc(C(F)(F)F)s1)c1ccccc1. The van der Waals surface area contributed by atoms with E-state index in [1.807, 2.05) is 0 Å². The van der Waals surface area contributed by atoms with Crippen LogP contribution in [0.2, 0.25) is 0 Å². The van der Waals surface area contributed by atoms with Gasteiger partial charge in [0.2, 0.25) is 10.1 Å². The predicted octanol–water partition coefficient (Wildman–Crippen LogP) is 2.84. The monoisotopic (exact) mass is 317 g/mol. The smallest absolute Gasteiger partial charge is 0.445 e. The van der Waals surface area contributed by atoms with Crippen molar-refractivity contribution in [3.05, 3.63) is 40.9 Å². The maximum atomic E-state index is 12.4. The molecule has 2 rings (SSSR count). The van der Waals surface area contributed by atoms with Crippen LogP contribution < -0.4 is 5.32 Å². The number of alkyl halides is 3. The van der Waals surface area contributed by atoms with Gasteiger partial charge in [0.05, 0.1) is 5.92 Å². The molecule has 5 nitrogen and oxygen atoms in total. The van der Waals surface area contributed by atoms with Crippen LogP contribution in [0.4, 0.5) is 18.3 Å². The first kappa shape index (κ1) is 15.2. The lowest BCUT2D eigenvalue weighted by molar-refractivity contribution is -0.139. The number of carboxylic acid groups (broad SMARTS) is 1. The van der Waals surface area contributed by atoms with Crippen LogP contribution in [-0.2, 0) is 11.0 Å². The second-order valence-electron chi connectivity index (χ2n) is 4.09. The summed E-state index contributed by atoms with van der Waals surface area (Å²) < 4.78 is 37.1. The normalized spacial score (nSPS) is 12.9. The number of aromatic nitrogens is 2. The third kappa shape index (κ3) is 3.91. The summed E-state index contributed by atoms with van der Waals surface area (Å²) in [6, 6.07) is 8.41. The summed E-state index contributed by atoms with van der Waals surface area (Å²) in [7, 11) is 0. The van der Waals surface area contributed by atoms with Crippen molar-refractivity contribution < 1.29 is 23.1 Å². The van der Waals surface area contributed by atoms with Crippen LogP contribution in [0, 0.1) is 0 Å². The molecule has 1 unspecified atom stereocenters. The topological polar surface area (TPSA) is 75.1 Å². The van der Waals surface area contributed by atoms with Crippen LogP contribution in [0.3, 0.4) is 0 Å². The molecule has 1 aromatic heterocycles. The molecule has 2 aromatic rings. The molecule has 9 heteroatoms. The summed E-state index contributed by atoms with van der Waals surface area (Å²) in [6.45, 7) is -0.0775. The fraction of sp³-hybridized carbons (Fsp3) is 0.250. The second kappa shape index (κ2) is 6.08. The number of carboxylic acids is 1. The molecule has 0 fully saturated rings. The number of rotatable bonds is 5. The van der Waals surface area contributed by atoms with Crippen LogP contribution >= 0.6 is 11.3 Å². The van der Waals surface area contributed by atoms with Crippen LogP contribution in [-0.4, -0.2) is 27.8 Å². The number of nitrogens with one attached hydrogen (secondary N) is 1. The van der Waals surface area contributed by atoms with Gasteiger partial charge in [0.15, 0.2) is 0 Å². The van der Waals surface area contributed by atoms with E-state index in [4.69, 9.17) is 0 Å². The molecule has 0 amide bonds. The van der Waals surface area contributed by atoms with Gasteiger partial charge in [0, 0.05) is 6.54 Å². The molecule has 0 radical (unpaired) electrons. The molecule has 21 heavy (non-hydrogen) atoms. The molecule has 0 bridgehead atoms. The molecule has 1 aromatic carbocycles. The fourth-order valence-electron chi connectivity index (χ4n) is 1.63. The average molecular weight is 317 g/mol. The van der Waals surface area contributed by atoms with Gasteiger partial charge in [-0.3, -0.25) is 4.79 Å². The summed E-state index contributed by atoms with van der Waals surface area (Å²) in [5.74, 6) is -1.96. The van der Waals surface area contributed by atoms with Crippen LogP contribution in [0.1, 0.15) is 16.5 Å². The van der Waals surface area contributed by atoms with E-state index in [1.165, 1.54) is 0 Å². The summed E-state index contributed by atoms with van der Waals surface area (Å²) in [5, 5.41) is 17.0. The third-order valence-electron chi connectivity index (χ3n) is 2.62. The standard InChI is InChI=1S/C12H10F3N3O2S/c13-12(14,15)10-17-18-11(21-10)16-6-8(9(19)20)7-4-2-1-3-5-7/h1-5,8H,6H2,(H,16,18)(H,19,20). The molecule has 0 aliphatic heterocycles. The zero-order chi connectivity index (χ0) is 15.5. The van der Waals surface area contributed by atoms with E-state index < -0.39 is 23.1 Å². The Balaban J connectivity index is 2.06. The molecule has 1 heterocycles. The first-order valence-corrected chi connectivity index (χ1v) is 6.62. The van der Waals surface area contributed by atoms with E-state index >= 15 is 0 Å². The van der Waals surface area contributed by atoms with Crippen LogP contribution in [0.15, 0.2) is 30.3 Å². The third-order valence-corrected chi connectivity index (χ3v) is 3.55. The molecular weight excluding hydrogens is 307 g/mol. The van der Waals surface area contributed by atoms with E-state index in [2.05, 4.69) is 15.5 Å². The van der Waals surface area contributed by atoms with Gasteiger partial charge in [0.25, 0.3) is 0 Å². The largest absolute Gasteiger partial charge is 0.481 e. The van der Waals surface area contributed by atoms with Crippen molar-refractivity contribution in [1.82, 2.24) is 10.2 Å². The van der Waals surface area contributed by atoms with E-state index in [1.54, 1.807) is 30.3 Å². The summed E-state index contributed by atoms with van der Waals surface area (Å²) in [5.41, 5.74) is 0.554. The Bertz CT molecular complexity index is 616. The van der Waals surface area contributed by atoms with Crippen molar-refractivity contribution >= 4 is 22.4 Å². The highest BCUT2D eigenvalue weighted by Crippen LogP contribution is 2.33. The van der Waals surface area contributed by atoms with Crippen molar-refractivity contribution in [2.24, 2.45) is 0 Å². The van der Waals surface area contributed by atoms with Gasteiger partial charge in [-0.25, -0.2) is 0 Å². The minimum Gasteiger partial charge on any atom is -0.481 e. The van der Waals surface area contributed by atoms with Crippen molar-refractivity contribution in [3.63, 3.8) is 0 Å². The van der Waals surface area contributed by atoms with E-state index in [0.717, 1.165) is 0 Å². The number of aliphatic carboxylic acids is 1. The maximum absolute atomic E-state index is 12.4. The van der Waals surface area contributed by atoms with E-state index in [-0.39, 0.29) is 11.7 Å². The average Bonchev–Trinajstić information content (AvgIpc) is 2.88. The van der Waals surface area contributed by atoms with Crippen molar-refractivity contribution in [2.45, 2.75) is 12.1 Å². The molecule has 112 valence electrons. The summed E-state index contributed by atoms with van der Waals surface area (Å²) in [6.07, 6.45) is -4.55. The number of hydrogen-bond donors (Lipinski definition) is 2. The lowest BCUT2D eigenvalue weighted by atomic mass is 9.99. The Morgan fingerprint density at radius 3 is 2.48 bits per heavy atom. The lowest BCUT2D eigenvalue weighted by Gasteiger charge is -2.12. The maximum Gasteiger partial charge on any atom is 0.445 e. The molecule has 1 atom stereocenters. The van der Waals surface area contributed by atoms with Gasteiger partial charge in [-0.15, -0.1) is 10.2 Å². The highest BCUT2D eigenvalue weighted by Gasteiger charge is 2.35. The minimum atomic E-state index is -4.55. The van der Waals surface area contributed by atoms with Crippen molar-refractivity contribution in [2.75, 3.05) is 11.9 Å². The van der Waals surface area contributed by atoms with Crippen molar-refractivity contribution in [3.8, 4) is 0 Å². The Morgan fingerprint density at radius 1 is 1.29 bits per heavy atom. The van der Waals surface area contributed by atoms with Gasteiger partial charge < -0.3 is 10.4 Å². The van der Waals surface area contributed by atoms with E-state index in [9.17, 15) is 23.1 Å². The number of anilines is 1. The predicted molar refractivity (Wildman–Crippen MR) is 70.2 cm³/mol. The number of benzene rings is 1. The number of halogens is 3. The molecular formula is C12H10F3N3O2S. The second-order valence-corrected chi connectivity index (χ2v) is 5.07. The molecule has 0 aliphatic rings. The van der Waals surface area contributed by atoms with Crippen LogP contribution in [0.5, 0.6) is 0 Å². The van der Waals surface area contributed by atoms with Crippen LogP contribution in [0.25, 0.3) is 0 Å². The molecule has 2 N–H and O–H groups in total. The summed E-state index contributed by atoms with van der Waals surface area (Å²) >= 11 is 0.337. The highest BCUT2D eigenvalue weighted by atomic mass is 32.1. The quantitative estimate of drug-likeness (QED) is 0.887. The van der Waals surface area contributed by atoms with Gasteiger partial charge in [-0.05, 0) is 5.56 Å². The molecule has 0 spiro atoms. The Labute approximate surface area is 121 Å². The van der Waals surface area contributed by atoms with E-state index in [0.29, 0.717) is 16.9 Å². The highest BCUT2D eigenvalue weighted by molar-refractivity contribution is 7.15. The van der Waals surface area contributed by atoms with Gasteiger partial charge in [-0.1, -0.05) is 41.7 Å². The summed E-state index contributed by atoms with van der Waals surface area (Å²) in [4.78, 5) is 11.2. The fourth-order valence-corrected chi connectivity index (χ4v) is 2.25. The zero-order valence-corrected chi connectivity index (χ0v) is 11.3. The Hall–Kier alpha value is -2.16. The van der Waals surface area contributed by atoms with Gasteiger partial charge in [0.1, 0.15) is 0 Å². The minimum absolute atomic E-state index is 0.0653.